The standard InChI is InChI=1S/C16H21NO5/c1-11(18)20-9-4-5-10-21-13-8-6-7-12-14(13)17-15(19)22-16(12,2)3/h6-8H,4-5,9-10H2,1-3H3,(H,17,19). The summed E-state index contributed by atoms with van der Waals surface area (Å²) in [5.74, 6) is 0.345. The van der Waals surface area contributed by atoms with Crippen molar-refractivity contribution in [1.82, 2.24) is 0 Å². The van der Waals surface area contributed by atoms with Gasteiger partial charge in [-0.15, -0.1) is 0 Å². The molecule has 0 aromatic heterocycles. The molecule has 0 bridgehead atoms. The molecule has 22 heavy (non-hydrogen) atoms. The molecule has 0 spiro atoms. The highest BCUT2D eigenvalue weighted by Gasteiger charge is 2.34. The Bertz CT molecular complexity index is 568. The van der Waals surface area contributed by atoms with Gasteiger partial charge in [0.1, 0.15) is 11.4 Å². The van der Waals surface area contributed by atoms with Crippen LogP contribution < -0.4 is 10.1 Å². The molecule has 1 heterocycles. The maximum absolute atomic E-state index is 11.6. The van der Waals surface area contributed by atoms with Gasteiger partial charge >= 0.3 is 12.1 Å². The zero-order chi connectivity index (χ0) is 16.2. The summed E-state index contributed by atoms with van der Waals surface area (Å²) in [6.45, 7) is 5.94. The second-order valence-electron chi connectivity index (χ2n) is 5.60. The van der Waals surface area contributed by atoms with Gasteiger partial charge in [0.25, 0.3) is 0 Å². The second kappa shape index (κ2) is 6.68. The molecule has 1 aromatic carbocycles. The number of cyclic esters (lactones) is 1. The summed E-state index contributed by atoms with van der Waals surface area (Å²) in [4.78, 5) is 22.3. The van der Waals surface area contributed by atoms with Crippen LogP contribution in [0, 0.1) is 0 Å². The van der Waals surface area contributed by atoms with Crippen LogP contribution in [-0.2, 0) is 19.9 Å². The van der Waals surface area contributed by atoms with Crippen LogP contribution in [0.2, 0.25) is 0 Å². The number of anilines is 1. The van der Waals surface area contributed by atoms with Crippen molar-refractivity contribution < 1.29 is 23.8 Å². The quantitative estimate of drug-likeness (QED) is 0.645. The van der Waals surface area contributed by atoms with E-state index in [1.54, 1.807) is 0 Å². The minimum atomic E-state index is -0.688. The third kappa shape index (κ3) is 3.90. The molecule has 6 heteroatoms. The largest absolute Gasteiger partial charge is 0.491 e. The number of nitrogens with one attached hydrogen (secondary N) is 1. The van der Waals surface area contributed by atoms with E-state index >= 15 is 0 Å². The van der Waals surface area contributed by atoms with Crippen molar-refractivity contribution in [3.05, 3.63) is 23.8 Å². The number of ether oxygens (including phenoxy) is 3. The minimum absolute atomic E-state index is 0.275. The fourth-order valence-corrected chi connectivity index (χ4v) is 2.30. The number of fused-ring (bicyclic) bond motifs is 1. The third-order valence-corrected chi connectivity index (χ3v) is 3.35. The summed E-state index contributed by atoms with van der Waals surface area (Å²) in [6, 6.07) is 5.59. The Balaban J connectivity index is 1.95. The van der Waals surface area contributed by atoms with Gasteiger partial charge in [-0.3, -0.25) is 10.1 Å². The third-order valence-electron chi connectivity index (χ3n) is 3.35. The Labute approximate surface area is 129 Å². The Hall–Kier alpha value is -2.24. The van der Waals surface area contributed by atoms with Crippen molar-refractivity contribution in [2.75, 3.05) is 18.5 Å². The molecule has 1 amide bonds. The molecular weight excluding hydrogens is 286 g/mol. The molecule has 0 atom stereocenters. The molecule has 0 saturated heterocycles. The van der Waals surface area contributed by atoms with Gasteiger partial charge in [0.15, 0.2) is 0 Å². The van der Waals surface area contributed by atoms with Crippen LogP contribution in [-0.4, -0.2) is 25.3 Å². The highest BCUT2D eigenvalue weighted by molar-refractivity contribution is 5.91. The topological polar surface area (TPSA) is 73.9 Å². The molecule has 1 aliphatic heterocycles. The Morgan fingerprint density at radius 1 is 1.27 bits per heavy atom. The summed E-state index contributed by atoms with van der Waals surface area (Å²) in [7, 11) is 0. The first-order valence-corrected chi connectivity index (χ1v) is 7.30. The number of rotatable bonds is 6. The number of carbonyl (C=O) groups is 2. The molecule has 0 unspecified atom stereocenters. The van der Waals surface area contributed by atoms with E-state index in [0.29, 0.717) is 24.7 Å². The molecular formula is C16H21NO5. The fraction of sp³-hybridized carbons (Fsp3) is 0.500. The maximum Gasteiger partial charge on any atom is 0.412 e. The van der Waals surface area contributed by atoms with Crippen LogP contribution in [0.25, 0.3) is 0 Å². The van der Waals surface area contributed by atoms with Crippen molar-refractivity contribution in [2.24, 2.45) is 0 Å². The molecule has 0 radical (unpaired) electrons. The molecule has 6 nitrogen and oxygen atoms in total. The average Bonchev–Trinajstić information content (AvgIpc) is 2.42. The lowest BCUT2D eigenvalue weighted by molar-refractivity contribution is -0.141. The van der Waals surface area contributed by atoms with Crippen LogP contribution in [0.1, 0.15) is 39.2 Å². The number of carbonyl (C=O) groups excluding carboxylic acids is 2. The lowest BCUT2D eigenvalue weighted by atomic mass is 9.94. The number of esters is 1. The summed E-state index contributed by atoms with van der Waals surface area (Å²) < 4.78 is 15.9. The van der Waals surface area contributed by atoms with Crippen molar-refractivity contribution >= 4 is 17.7 Å². The van der Waals surface area contributed by atoms with Gasteiger partial charge in [0, 0.05) is 12.5 Å². The summed E-state index contributed by atoms with van der Waals surface area (Å²) in [6.07, 6.45) is 1.00. The summed E-state index contributed by atoms with van der Waals surface area (Å²) in [5, 5.41) is 2.70. The van der Waals surface area contributed by atoms with Gasteiger partial charge in [-0.05, 0) is 32.8 Å². The molecule has 0 aliphatic carbocycles. The average molecular weight is 307 g/mol. The van der Waals surface area contributed by atoms with E-state index in [1.165, 1.54) is 6.92 Å². The number of hydrogen-bond acceptors (Lipinski definition) is 5. The van der Waals surface area contributed by atoms with E-state index in [2.05, 4.69) is 5.32 Å². The first-order valence-electron chi connectivity index (χ1n) is 7.30. The SMILES string of the molecule is CC(=O)OCCCCOc1cccc2c1NC(=O)OC2(C)C. The van der Waals surface area contributed by atoms with E-state index in [9.17, 15) is 9.59 Å². The van der Waals surface area contributed by atoms with Gasteiger partial charge in [-0.2, -0.15) is 0 Å². The molecule has 2 rings (SSSR count). The zero-order valence-electron chi connectivity index (χ0n) is 13.1. The lowest BCUT2D eigenvalue weighted by Gasteiger charge is -2.33. The number of hydrogen-bond donors (Lipinski definition) is 1. The number of benzene rings is 1. The first kappa shape index (κ1) is 16.1. The lowest BCUT2D eigenvalue weighted by Crippen LogP contribution is -2.34. The monoisotopic (exact) mass is 307 g/mol. The number of unbranched alkanes of at least 4 members (excludes halogenated alkanes) is 1. The fourth-order valence-electron chi connectivity index (χ4n) is 2.30. The van der Waals surface area contributed by atoms with E-state index < -0.39 is 11.7 Å². The molecule has 1 aliphatic rings. The van der Waals surface area contributed by atoms with Crippen LogP contribution >= 0.6 is 0 Å². The van der Waals surface area contributed by atoms with E-state index in [1.807, 2.05) is 32.0 Å². The van der Waals surface area contributed by atoms with Crippen LogP contribution in [0.4, 0.5) is 10.5 Å². The first-order chi connectivity index (χ1) is 10.4. The zero-order valence-corrected chi connectivity index (χ0v) is 13.1. The van der Waals surface area contributed by atoms with Crippen LogP contribution in [0.3, 0.4) is 0 Å². The Morgan fingerprint density at radius 3 is 2.73 bits per heavy atom. The predicted molar refractivity (Wildman–Crippen MR) is 80.9 cm³/mol. The highest BCUT2D eigenvalue weighted by Crippen LogP contribution is 2.40. The molecule has 1 N–H and O–H groups in total. The molecule has 0 fully saturated rings. The van der Waals surface area contributed by atoms with Gasteiger partial charge in [0.05, 0.1) is 18.9 Å². The number of amides is 1. The van der Waals surface area contributed by atoms with E-state index in [4.69, 9.17) is 14.2 Å². The normalized spacial score (nSPS) is 15.3. The maximum atomic E-state index is 11.6. The number of para-hydroxylation sites is 1. The predicted octanol–water partition coefficient (Wildman–Crippen LogP) is 3.21. The second-order valence-corrected chi connectivity index (χ2v) is 5.60. The minimum Gasteiger partial charge on any atom is -0.491 e. The van der Waals surface area contributed by atoms with Crippen molar-refractivity contribution in [3.8, 4) is 5.75 Å². The van der Waals surface area contributed by atoms with Crippen molar-refractivity contribution in [2.45, 2.75) is 39.2 Å². The van der Waals surface area contributed by atoms with Gasteiger partial charge in [-0.25, -0.2) is 4.79 Å². The smallest absolute Gasteiger partial charge is 0.412 e. The van der Waals surface area contributed by atoms with Crippen molar-refractivity contribution in [3.63, 3.8) is 0 Å². The molecule has 120 valence electrons. The molecule has 1 aromatic rings. The van der Waals surface area contributed by atoms with Gasteiger partial charge < -0.3 is 14.2 Å². The highest BCUT2D eigenvalue weighted by atomic mass is 16.6. The van der Waals surface area contributed by atoms with Crippen LogP contribution in [0.5, 0.6) is 5.75 Å². The van der Waals surface area contributed by atoms with E-state index in [-0.39, 0.29) is 5.97 Å². The summed E-state index contributed by atoms with van der Waals surface area (Å²) >= 11 is 0. The Kier molecular flexibility index (Phi) is 4.90. The van der Waals surface area contributed by atoms with Crippen molar-refractivity contribution in [1.29, 1.82) is 0 Å². The van der Waals surface area contributed by atoms with Gasteiger partial charge in [0.2, 0.25) is 0 Å². The summed E-state index contributed by atoms with van der Waals surface area (Å²) in [5.41, 5.74) is 0.847. The van der Waals surface area contributed by atoms with Crippen LogP contribution in [0.15, 0.2) is 18.2 Å². The van der Waals surface area contributed by atoms with Gasteiger partial charge in [-0.1, -0.05) is 12.1 Å². The van der Waals surface area contributed by atoms with E-state index in [0.717, 1.165) is 18.4 Å². The Morgan fingerprint density at radius 2 is 2.00 bits per heavy atom. The molecule has 0 saturated carbocycles.